The first-order valence-electron chi connectivity index (χ1n) is 7.63. The highest BCUT2D eigenvalue weighted by molar-refractivity contribution is 5.89. The molecule has 1 aliphatic carbocycles. The summed E-state index contributed by atoms with van der Waals surface area (Å²) in [6, 6.07) is 5.87. The summed E-state index contributed by atoms with van der Waals surface area (Å²) < 4.78 is 18.3. The summed E-state index contributed by atoms with van der Waals surface area (Å²) in [6.07, 6.45) is 6.70. The molecule has 1 N–H and O–H groups in total. The predicted octanol–water partition coefficient (Wildman–Crippen LogP) is 3.33. The van der Waals surface area contributed by atoms with Gasteiger partial charge in [0, 0.05) is 11.6 Å². The highest BCUT2D eigenvalue weighted by Gasteiger charge is 2.20. The van der Waals surface area contributed by atoms with Crippen molar-refractivity contribution < 1.29 is 13.6 Å². The minimum absolute atomic E-state index is 0.0522. The topological polar surface area (TPSA) is 68.0 Å². The van der Waals surface area contributed by atoms with E-state index in [1.165, 1.54) is 37.1 Å². The average molecular weight is 303 g/mol. The van der Waals surface area contributed by atoms with Crippen LogP contribution in [0.4, 0.5) is 4.39 Å². The van der Waals surface area contributed by atoms with Crippen LogP contribution in [0.25, 0.3) is 11.5 Å². The van der Waals surface area contributed by atoms with E-state index in [0.29, 0.717) is 5.56 Å². The van der Waals surface area contributed by atoms with Crippen molar-refractivity contribution in [1.82, 2.24) is 15.5 Å². The van der Waals surface area contributed by atoms with Gasteiger partial charge in [0.05, 0.1) is 0 Å². The van der Waals surface area contributed by atoms with Gasteiger partial charge in [-0.1, -0.05) is 25.7 Å². The smallest absolute Gasteiger partial charge is 0.309 e. The Kier molecular flexibility index (Phi) is 4.46. The Morgan fingerprint density at radius 1 is 1.09 bits per heavy atom. The van der Waals surface area contributed by atoms with Crippen molar-refractivity contribution in [2.24, 2.45) is 0 Å². The van der Waals surface area contributed by atoms with Crippen LogP contribution in [-0.4, -0.2) is 22.1 Å². The van der Waals surface area contributed by atoms with Crippen molar-refractivity contribution in [3.8, 4) is 11.5 Å². The number of hydrogen-bond donors (Lipinski definition) is 1. The number of carbonyl (C=O) groups is 1. The van der Waals surface area contributed by atoms with Crippen LogP contribution in [0.5, 0.6) is 0 Å². The summed E-state index contributed by atoms with van der Waals surface area (Å²) in [5, 5.41) is 10.6. The first-order valence-corrected chi connectivity index (χ1v) is 7.63. The molecule has 1 heterocycles. The molecular weight excluding hydrogens is 285 g/mol. The number of nitrogens with one attached hydrogen (secondary N) is 1. The summed E-state index contributed by atoms with van der Waals surface area (Å²) in [4.78, 5) is 12.2. The molecule has 1 fully saturated rings. The van der Waals surface area contributed by atoms with Crippen molar-refractivity contribution in [3.63, 3.8) is 0 Å². The first kappa shape index (κ1) is 14.7. The Bertz CT molecular complexity index is 631. The van der Waals surface area contributed by atoms with E-state index in [4.69, 9.17) is 4.42 Å². The van der Waals surface area contributed by atoms with E-state index in [0.717, 1.165) is 25.7 Å². The van der Waals surface area contributed by atoms with Gasteiger partial charge < -0.3 is 9.73 Å². The van der Waals surface area contributed by atoms with Crippen LogP contribution < -0.4 is 5.32 Å². The van der Waals surface area contributed by atoms with Gasteiger partial charge in [0.15, 0.2) is 0 Å². The van der Waals surface area contributed by atoms with E-state index >= 15 is 0 Å². The van der Waals surface area contributed by atoms with Gasteiger partial charge in [-0.25, -0.2) is 4.39 Å². The standard InChI is InChI=1S/C16H18FN3O2/c17-12-9-7-11(8-10-12)15-19-20-16(22-15)14(21)18-13-5-3-1-2-4-6-13/h7-10,13H,1-6H2,(H,18,21). The van der Waals surface area contributed by atoms with Crippen LogP contribution >= 0.6 is 0 Å². The zero-order valence-corrected chi connectivity index (χ0v) is 12.2. The molecule has 0 aliphatic heterocycles. The van der Waals surface area contributed by atoms with Crippen LogP contribution in [0.1, 0.15) is 49.2 Å². The van der Waals surface area contributed by atoms with Crippen molar-refractivity contribution in [3.05, 3.63) is 36.0 Å². The molecule has 1 aliphatic rings. The van der Waals surface area contributed by atoms with Crippen LogP contribution in [-0.2, 0) is 0 Å². The van der Waals surface area contributed by atoms with Gasteiger partial charge in [-0.15, -0.1) is 10.2 Å². The molecule has 1 amide bonds. The molecule has 5 nitrogen and oxygen atoms in total. The monoisotopic (exact) mass is 303 g/mol. The molecule has 1 aromatic carbocycles. The molecule has 0 radical (unpaired) electrons. The zero-order valence-electron chi connectivity index (χ0n) is 12.2. The lowest BCUT2D eigenvalue weighted by Crippen LogP contribution is -2.34. The lowest BCUT2D eigenvalue weighted by Gasteiger charge is -2.14. The highest BCUT2D eigenvalue weighted by atomic mass is 19.1. The third-order valence-electron chi connectivity index (χ3n) is 3.90. The molecule has 116 valence electrons. The summed E-state index contributed by atoms with van der Waals surface area (Å²) in [5.74, 6) is -0.517. The number of halogens is 1. The summed E-state index contributed by atoms with van der Waals surface area (Å²) in [7, 11) is 0. The van der Waals surface area contributed by atoms with Crippen molar-refractivity contribution in [1.29, 1.82) is 0 Å². The maximum Gasteiger partial charge on any atom is 0.309 e. The molecule has 2 aromatic rings. The number of carbonyl (C=O) groups excluding carboxylic acids is 1. The molecule has 0 saturated heterocycles. The van der Waals surface area contributed by atoms with E-state index in [-0.39, 0.29) is 29.5 Å². The summed E-state index contributed by atoms with van der Waals surface area (Å²) in [5.41, 5.74) is 0.586. The largest absolute Gasteiger partial charge is 0.412 e. The number of nitrogens with zero attached hydrogens (tertiary/aromatic N) is 2. The maximum absolute atomic E-state index is 12.9. The molecule has 1 saturated carbocycles. The molecular formula is C16H18FN3O2. The fourth-order valence-corrected chi connectivity index (χ4v) is 2.69. The Labute approximate surface area is 127 Å². The third-order valence-corrected chi connectivity index (χ3v) is 3.90. The lowest BCUT2D eigenvalue weighted by molar-refractivity contribution is 0.0899. The minimum atomic E-state index is -0.340. The van der Waals surface area contributed by atoms with E-state index in [9.17, 15) is 9.18 Å². The SMILES string of the molecule is O=C(NC1CCCCCC1)c1nnc(-c2ccc(F)cc2)o1. The van der Waals surface area contributed by atoms with Gasteiger partial charge in [0.25, 0.3) is 0 Å². The number of rotatable bonds is 3. The lowest BCUT2D eigenvalue weighted by atomic mass is 10.1. The fourth-order valence-electron chi connectivity index (χ4n) is 2.69. The van der Waals surface area contributed by atoms with Crippen LogP contribution in [0.15, 0.2) is 28.7 Å². The van der Waals surface area contributed by atoms with Gasteiger partial charge >= 0.3 is 11.8 Å². The second-order valence-corrected chi connectivity index (χ2v) is 5.58. The number of amides is 1. The van der Waals surface area contributed by atoms with Gasteiger partial charge in [-0.3, -0.25) is 4.79 Å². The second-order valence-electron chi connectivity index (χ2n) is 5.58. The van der Waals surface area contributed by atoms with Crippen molar-refractivity contribution in [2.45, 2.75) is 44.6 Å². The molecule has 0 unspecified atom stereocenters. The number of aromatic nitrogens is 2. The first-order chi connectivity index (χ1) is 10.7. The molecule has 6 heteroatoms. The molecule has 3 rings (SSSR count). The Balaban J connectivity index is 1.67. The molecule has 0 bridgehead atoms. The third kappa shape index (κ3) is 3.50. The van der Waals surface area contributed by atoms with Crippen LogP contribution in [0.3, 0.4) is 0 Å². The quantitative estimate of drug-likeness (QED) is 0.883. The van der Waals surface area contributed by atoms with E-state index in [1.54, 1.807) is 0 Å². The van der Waals surface area contributed by atoms with E-state index in [2.05, 4.69) is 15.5 Å². The number of hydrogen-bond acceptors (Lipinski definition) is 4. The highest BCUT2D eigenvalue weighted by Crippen LogP contribution is 2.20. The molecule has 1 aromatic heterocycles. The van der Waals surface area contributed by atoms with E-state index in [1.807, 2.05) is 0 Å². The fraction of sp³-hybridized carbons (Fsp3) is 0.438. The van der Waals surface area contributed by atoms with Gasteiger partial charge in [0.1, 0.15) is 5.82 Å². The maximum atomic E-state index is 12.9. The Morgan fingerprint density at radius 2 is 1.77 bits per heavy atom. The number of benzene rings is 1. The molecule has 22 heavy (non-hydrogen) atoms. The summed E-state index contributed by atoms with van der Waals surface area (Å²) in [6.45, 7) is 0. The van der Waals surface area contributed by atoms with E-state index < -0.39 is 0 Å². The Morgan fingerprint density at radius 3 is 2.45 bits per heavy atom. The minimum Gasteiger partial charge on any atom is -0.412 e. The predicted molar refractivity (Wildman–Crippen MR) is 78.6 cm³/mol. The van der Waals surface area contributed by atoms with Crippen LogP contribution in [0, 0.1) is 5.82 Å². The van der Waals surface area contributed by atoms with Gasteiger partial charge in [-0.05, 0) is 37.1 Å². The Hall–Kier alpha value is -2.24. The van der Waals surface area contributed by atoms with Gasteiger partial charge in [-0.2, -0.15) is 0 Å². The van der Waals surface area contributed by atoms with Crippen molar-refractivity contribution in [2.75, 3.05) is 0 Å². The average Bonchev–Trinajstić information content (AvgIpc) is 2.88. The normalized spacial score (nSPS) is 16.2. The van der Waals surface area contributed by atoms with Crippen molar-refractivity contribution >= 4 is 5.91 Å². The van der Waals surface area contributed by atoms with Gasteiger partial charge in [0.2, 0.25) is 5.89 Å². The molecule has 0 atom stereocenters. The summed E-state index contributed by atoms with van der Waals surface area (Å²) >= 11 is 0. The zero-order chi connectivity index (χ0) is 15.4. The van der Waals surface area contributed by atoms with Crippen LogP contribution in [0.2, 0.25) is 0 Å². The second kappa shape index (κ2) is 6.68. The molecule has 0 spiro atoms.